The lowest BCUT2D eigenvalue weighted by atomic mass is 9.92. The van der Waals surface area contributed by atoms with Gasteiger partial charge in [0.15, 0.2) is 0 Å². The number of rotatable bonds is 1. The molecule has 1 N–H and O–H groups in total. The van der Waals surface area contributed by atoms with Crippen LogP contribution in [0.4, 0.5) is 0 Å². The molecule has 2 amide bonds. The Hall–Kier alpha value is -1.06. The molecule has 1 unspecified atom stereocenters. The number of carbonyl (C=O) groups excluding carboxylic acids is 2. The van der Waals surface area contributed by atoms with E-state index in [9.17, 15) is 9.59 Å². The third-order valence-corrected chi connectivity index (χ3v) is 3.85. The van der Waals surface area contributed by atoms with Crippen molar-refractivity contribution in [3.63, 3.8) is 0 Å². The lowest BCUT2D eigenvalue weighted by Gasteiger charge is -2.40. The fourth-order valence-electron chi connectivity index (χ4n) is 2.58. The van der Waals surface area contributed by atoms with Gasteiger partial charge in [0.1, 0.15) is 5.54 Å². The molecule has 4 heteroatoms. The van der Waals surface area contributed by atoms with Crippen molar-refractivity contribution < 1.29 is 9.59 Å². The van der Waals surface area contributed by atoms with Crippen LogP contribution in [0, 0.1) is 5.92 Å². The van der Waals surface area contributed by atoms with E-state index in [0.717, 1.165) is 12.8 Å². The molecule has 1 saturated heterocycles. The molecule has 96 valence electrons. The first kappa shape index (κ1) is 12.4. The summed E-state index contributed by atoms with van der Waals surface area (Å²) in [5.41, 5.74) is -0.902. The molecule has 0 spiro atoms. The minimum absolute atomic E-state index is 0.000463. The molecule has 1 aliphatic heterocycles. The summed E-state index contributed by atoms with van der Waals surface area (Å²) in [6.45, 7) is 8.47. The highest BCUT2D eigenvalue weighted by atomic mass is 16.2. The van der Waals surface area contributed by atoms with E-state index in [4.69, 9.17) is 0 Å². The molecule has 2 rings (SSSR count). The van der Waals surface area contributed by atoms with Gasteiger partial charge in [0.25, 0.3) is 0 Å². The van der Waals surface area contributed by atoms with Crippen molar-refractivity contribution in [3.05, 3.63) is 0 Å². The van der Waals surface area contributed by atoms with E-state index in [-0.39, 0.29) is 17.4 Å². The van der Waals surface area contributed by atoms with Crippen LogP contribution in [0.5, 0.6) is 0 Å². The maximum absolute atomic E-state index is 12.7. The predicted octanol–water partition coefficient (Wildman–Crippen LogP) is 1.30. The summed E-state index contributed by atoms with van der Waals surface area (Å²) in [4.78, 5) is 26.3. The van der Waals surface area contributed by atoms with E-state index in [2.05, 4.69) is 5.32 Å². The standard InChI is InChI=1S/C13H22N2O2/c1-12(2,3)15-8-7-10(16)14-13(4,11(15)17)9-5-6-9/h9H,5-8H2,1-4H3,(H,14,16). The summed E-state index contributed by atoms with van der Waals surface area (Å²) in [6, 6.07) is 0. The Morgan fingerprint density at radius 3 is 2.35 bits per heavy atom. The summed E-state index contributed by atoms with van der Waals surface area (Å²) < 4.78 is 0. The number of hydrogen-bond donors (Lipinski definition) is 1. The fraction of sp³-hybridized carbons (Fsp3) is 0.846. The maximum Gasteiger partial charge on any atom is 0.248 e. The maximum atomic E-state index is 12.7. The lowest BCUT2D eigenvalue weighted by molar-refractivity contribution is -0.143. The zero-order chi connectivity index (χ0) is 12.8. The number of amides is 2. The Balaban J connectivity index is 2.32. The van der Waals surface area contributed by atoms with Crippen LogP contribution in [-0.4, -0.2) is 34.3 Å². The van der Waals surface area contributed by atoms with E-state index in [0.29, 0.717) is 18.9 Å². The molecule has 4 nitrogen and oxygen atoms in total. The molecule has 0 aromatic carbocycles. The molecular weight excluding hydrogens is 216 g/mol. The Kier molecular flexibility index (Phi) is 2.71. The molecule has 1 heterocycles. The van der Waals surface area contributed by atoms with Gasteiger partial charge in [0.2, 0.25) is 11.8 Å². The van der Waals surface area contributed by atoms with E-state index < -0.39 is 5.54 Å². The summed E-state index contributed by atoms with van der Waals surface area (Å²) in [5.74, 6) is 0.403. The van der Waals surface area contributed by atoms with Crippen molar-refractivity contribution in [1.29, 1.82) is 0 Å². The van der Waals surface area contributed by atoms with Gasteiger partial charge in [-0.1, -0.05) is 0 Å². The Labute approximate surface area is 103 Å². The Morgan fingerprint density at radius 1 is 1.29 bits per heavy atom. The van der Waals surface area contributed by atoms with Crippen LogP contribution < -0.4 is 5.32 Å². The summed E-state index contributed by atoms with van der Waals surface area (Å²) in [7, 11) is 0. The second-order valence-corrected chi connectivity index (χ2v) is 6.40. The van der Waals surface area contributed by atoms with Crippen LogP contribution in [-0.2, 0) is 9.59 Å². The van der Waals surface area contributed by atoms with Crippen LogP contribution in [0.1, 0.15) is 47.0 Å². The van der Waals surface area contributed by atoms with Crippen LogP contribution in [0.25, 0.3) is 0 Å². The molecule has 2 aliphatic rings. The largest absolute Gasteiger partial charge is 0.342 e. The molecule has 0 radical (unpaired) electrons. The Morgan fingerprint density at radius 2 is 1.88 bits per heavy atom. The first-order valence-electron chi connectivity index (χ1n) is 6.38. The van der Waals surface area contributed by atoms with Crippen molar-refractivity contribution in [2.24, 2.45) is 5.92 Å². The second kappa shape index (κ2) is 3.72. The smallest absolute Gasteiger partial charge is 0.248 e. The molecule has 17 heavy (non-hydrogen) atoms. The molecule has 0 aromatic heterocycles. The van der Waals surface area contributed by atoms with Crippen molar-refractivity contribution in [2.45, 2.75) is 58.0 Å². The third kappa shape index (κ3) is 2.17. The Bertz CT molecular complexity index is 355. The van der Waals surface area contributed by atoms with Crippen molar-refractivity contribution >= 4 is 11.8 Å². The normalized spacial score (nSPS) is 31.2. The highest BCUT2D eigenvalue weighted by Crippen LogP contribution is 2.42. The number of carbonyl (C=O) groups is 2. The van der Waals surface area contributed by atoms with E-state index in [1.54, 1.807) is 0 Å². The van der Waals surface area contributed by atoms with Gasteiger partial charge in [-0.05, 0) is 46.5 Å². The monoisotopic (exact) mass is 238 g/mol. The van der Waals surface area contributed by atoms with Gasteiger partial charge in [-0.15, -0.1) is 0 Å². The predicted molar refractivity (Wildman–Crippen MR) is 65.4 cm³/mol. The summed E-state index contributed by atoms with van der Waals surface area (Å²) in [6.07, 6.45) is 2.49. The topological polar surface area (TPSA) is 49.4 Å². The van der Waals surface area contributed by atoms with Gasteiger partial charge in [0.05, 0.1) is 0 Å². The van der Waals surface area contributed by atoms with E-state index in [1.807, 2.05) is 32.6 Å². The number of nitrogens with zero attached hydrogens (tertiary/aromatic N) is 1. The second-order valence-electron chi connectivity index (χ2n) is 6.40. The number of nitrogens with one attached hydrogen (secondary N) is 1. The molecule has 1 saturated carbocycles. The summed E-state index contributed by atoms with van der Waals surface area (Å²) in [5, 5.41) is 2.94. The first-order chi connectivity index (χ1) is 7.75. The molecule has 1 aliphatic carbocycles. The quantitative estimate of drug-likeness (QED) is 0.748. The average molecular weight is 238 g/mol. The van der Waals surface area contributed by atoms with Gasteiger partial charge in [-0.25, -0.2) is 0 Å². The molecule has 0 bridgehead atoms. The van der Waals surface area contributed by atoms with Gasteiger partial charge in [-0.2, -0.15) is 0 Å². The molecular formula is C13H22N2O2. The third-order valence-electron chi connectivity index (χ3n) is 3.85. The lowest BCUT2D eigenvalue weighted by Crippen LogP contribution is -2.60. The molecule has 2 fully saturated rings. The SMILES string of the molecule is CC1(C2CC2)NC(=O)CCN(C(C)(C)C)C1=O. The van der Waals surface area contributed by atoms with Crippen LogP contribution in [0.3, 0.4) is 0 Å². The molecule has 0 aromatic rings. The minimum atomic E-state index is -0.680. The van der Waals surface area contributed by atoms with Gasteiger partial charge < -0.3 is 10.2 Å². The van der Waals surface area contributed by atoms with E-state index in [1.165, 1.54) is 0 Å². The highest BCUT2D eigenvalue weighted by Gasteiger charge is 2.52. The van der Waals surface area contributed by atoms with Crippen LogP contribution >= 0.6 is 0 Å². The number of hydrogen-bond acceptors (Lipinski definition) is 2. The zero-order valence-corrected chi connectivity index (χ0v) is 11.2. The average Bonchev–Trinajstić information content (AvgIpc) is 2.96. The van der Waals surface area contributed by atoms with Crippen LogP contribution in [0.2, 0.25) is 0 Å². The molecule has 1 atom stereocenters. The highest BCUT2D eigenvalue weighted by molar-refractivity contribution is 5.94. The van der Waals surface area contributed by atoms with Crippen LogP contribution in [0.15, 0.2) is 0 Å². The zero-order valence-electron chi connectivity index (χ0n) is 11.2. The summed E-state index contributed by atoms with van der Waals surface area (Å²) >= 11 is 0. The van der Waals surface area contributed by atoms with Crippen molar-refractivity contribution in [1.82, 2.24) is 10.2 Å². The van der Waals surface area contributed by atoms with Gasteiger partial charge in [-0.3, -0.25) is 9.59 Å². The van der Waals surface area contributed by atoms with Gasteiger partial charge in [0, 0.05) is 18.5 Å². The van der Waals surface area contributed by atoms with E-state index >= 15 is 0 Å². The first-order valence-corrected chi connectivity index (χ1v) is 6.38. The van der Waals surface area contributed by atoms with Crippen molar-refractivity contribution in [2.75, 3.05) is 6.54 Å². The van der Waals surface area contributed by atoms with Gasteiger partial charge >= 0.3 is 0 Å². The fourth-order valence-corrected chi connectivity index (χ4v) is 2.58. The van der Waals surface area contributed by atoms with Crippen molar-refractivity contribution in [3.8, 4) is 0 Å². The minimum Gasteiger partial charge on any atom is -0.342 e.